The van der Waals surface area contributed by atoms with E-state index in [1.807, 2.05) is 0 Å². The van der Waals surface area contributed by atoms with Crippen LogP contribution in [0.1, 0.15) is 22.5 Å². The highest BCUT2D eigenvalue weighted by molar-refractivity contribution is 9.10. The molecule has 0 radical (unpaired) electrons. The molecule has 0 fully saturated rings. The molecule has 0 saturated heterocycles. The molecule has 1 N–H and O–H groups in total. The Morgan fingerprint density at radius 2 is 2.15 bits per heavy atom. The van der Waals surface area contributed by atoms with Gasteiger partial charge in [-0.05, 0) is 28.1 Å². The van der Waals surface area contributed by atoms with E-state index in [1.54, 1.807) is 0 Å². The number of carbonyl (C=O) groups is 1. The van der Waals surface area contributed by atoms with Gasteiger partial charge in [0.05, 0.1) is 5.56 Å². The zero-order valence-electron chi connectivity index (χ0n) is 6.17. The van der Waals surface area contributed by atoms with E-state index in [2.05, 4.69) is 20.9 Å². The number of aromatic carboxylic acids is 1. The maximum Gasteiger partial charge on any atom is 0.338 e. The van der Waals surface area contributed by atoms with Gasteiger partial charge in [-0.1, -0.05) is 0 Å². The summed E-state index contributed by atoms with van der Waals surface area (Å²) in [5, 5.41) is 8.54. The number of hydrogen-bond donors (Lipinski definition) is 1. The molecule has 1 aromatic rings. The second-order valence-corrected chi connectivity index (χ2v) is 2.93. The van der Waals surface area contributed by atoms with Gasteiger partial charge < -0.3 is 5.11 Å². The molecule has 13 heavy (non-hydrogen) atoms. The Bertz CT molecular complexity index is 343. The summed E-state index contributed by atoms with van der Waals surface area (Å²) < 4.78 is 24.0. The predicted molar refractivity (Wildman–Crippen MR) is 43.9 cm³/mol. The fourth-order valence-corrected chi connectivity index (χ4v) is 1.24. The lowest BCUT2D eigenvalue weighted by molar-refractivity contribution is 0.0694. The number of pyridine rings is 1. The monoisotopic (exact) mass is 251 g/mol. The van der Waals surface area contributed by atoms with E-state index in [0.717, 1.165) is 12.1 Å². The Kier molecular flexibility index (Phi) is 2.92. The van der Waals surface area contributed by atoms with Gasteiger partial charge in [0.25, 0.3) is 6.43 Å². The average molecular weight is 252 g/mol. The van der Waals surface area contributed by atoms with Crippen molar-refractivity contribution in [1.82, 2.24) is 4.98 Å². The molecule has 0 aliphatic carbocycles. The number of alkyl halides is 2. The van der Waals surface area contributed by atoms with Crippen LogP contribution in [0.5, 0.6) is 0 Å². The Morgan fingerprint density at radius 3 is 2.54 bits per heavy atom. The minimum atomic E-state index is -2.70. The van der Waals surface area contributed by atoms with Gasteiger partial charge in [0.2, 0.25) is 0 Å². The van der Waals surface area contributed by atoms with Gasteiger partial charge >= 0.3 is 5.97 Å². The quantitative estimate of drug-likeness (QED) is 0.822. The molecule has 1 aromatic heterocycles. The lowest BCUT2D eigenvalue weighted by atomic mass is 10.2. The van der Waals surface area contributed by atoms with E-state index in [0.29, 0.717) is 0 Å². The first kappa shape index (κ1) is 10.0. The van der Waals surface area contributed by atoms with Crippen LogP contribution in [0.2, 0.25) is 0 Å². The van der Waals surface area contributed by atoms with Gasteiger partial charge in [0, 0.05) is 0 Å². The second-order valence-electron chi connectivity index (χ2n) is 2.18. The maximum atomic E-state index is 12.0. The topological polar surface area (TPSA) is 50.2 Å². The zero-order valence-corrected chi connectivity index (χ0v) is 7.75. The average Bonchev–Trinajstić information content (AvgIpc) is 2.03. The van der Waals surface area contributed by atoms with Crippen molar-refractivity contribution in [2.75, 3.05) is 0 Å². The number of nitrogens with zero attached hydrogens (tertiary/aromatic N) is 1. The molecule has 0 saturated carbocycles. The van der Waals surface area contributed by atoms with Gasteiger partial charge in [-0.3, -0.25) is 0 Å². The SMILES string of the molecule is O=C(O)c1ccc(C(F)F)nc1Br. The summed E-state index contributed by atoms with van der Waals surface area (Å²) in [7, 11) is 0. The number of carboxylic acids is 1. The highest BCUT2D eigenvalue weighted by Gasteiger charge is 2.14. The summed E-state index contributed by atoms with van der Waals surface area (Å²) in [6, 6.07) is 2.07. The van der Waals surface area contributed by atoms with E-state index in [1.165, 1.54) is 0 Å². The third-order valence-corrected chi connectivity index (χ3v) is 1.93. The van der Waals surface area contributed by atoms with Crippen LogP contribution in [0.4, 0.5) is 8.78 Å². The number of hydrogen-bond acceptors (Lipinski definition) is 2. The molecule has 0 aromatic carbocycles. The summed E-state index contributed by atoms with van der Waals surface area (Å²) in [4.78, 5) is 13.8. The predicted octanol–water partition coefficient (Wildman–Crippen LogP) is 2.48. The van der Waals surface area contributed by atoms with Crippen LogP contribution in [-0.4, -0.2) is 16.1 Å². The molecular formula is C7H4BrF2NO2. The first-order valence-corrected chi connectivity index (χ1v) is 3.99. The van der Waals surface area contributed by atoms with E-state index in [4.69, 9.17) is 5.11 Å². The molecule has 0 atom stereocenters. The van der Waals surface area contributed by atoms with Gasteiger partial charge in [0.15, 0.2) is 0 Å². The van der Waals surface area contributed by atoms with Gasteiger partial charge in [-0.15, -0.1) is 0 Å². The van der Waals surface area contributed by atoms with Crippen LogP contribution in [-0.2, 0) is 0 Å². The Hall–Kier alpha value is -1.04. The number of rotatable bonds is 2. The maximum absolute atomic E-state index is 12.0. The molecule has 0 amide bonds. The van der Waals surface area contributed by atoms with Crippen molar-refractivity contribution in [2.24, 2.45) is 0 Å². The minimum absolute atomic E-state index is 0.0854. The highest BCUT2D eigenvalue weighted by atomic mass is 79.9. The first-order chi connectivity index (χ1) is 6.02. The standard InChI is InChI=1S/C7H4BrF2NO2/c8-5-3(7(12)13)1-2-4(11-5)6(9)10/h1-2,6H,(H,12,13). The van der Waals surface area contributed by atoms with Crippen LogP contribution in [0.3, 0.4) is 0 Å². The molecule has 6 heteroatoms. The molecule has 1 rings (SSSR count). The molecule has 0 unspecified atom stereocenters. The van der Waals surface area contributed by atoms with Crippen molar-refractivity contribution in [3.05, 3.63) is 28.0 Å². The van der Waals surface area contributed by atoms with Gasteiger partial charge in [0.1, 0.15) is 10.3 Å². The van der Waals surface area contributed by atoms with Crippen molar-refractivity contribution in [3.63, 3.8) is 0 Å². The van der Waals surface area contributed by atoms with Crippen molar-refractivity contribution in [1.29, 1.82) is 0 Å². The molecule has 3 nitrogen and oxygen atoms in total. The summed E-state index contributed by atoms with van der Waals surface area (Å²) in [5.41, 5.74) is -0.582. The molecule has 0 aliphatic rings. The molecule has 1 heterocycles. The molecule has 70 valence electrons. The van der Waals surface area contributed by atoms with Crippen LogP contribution in [0.15, 0.2) is 16.7 Å². The number of carboxylic acid groups (broad SMARTS) is 1. The van der Waals surface area contributed by atoms with Crippen LogP contribution >= 0.6 is 15.9 Å². The summed E-state index contributed by atoms with van der Waals surface area (Å²) in [6.45, 7) is 0. The van der Waals surface area contributed by atoms with E-state index >= 15 is 0 Å². The Labute approximate surface area is 80.5 Å². The Balaban J connectivity index is 3.13. The zero-order chi connectivity index (χ0) is 10.0. The van der Waals surface area contributed by atoms with Crippen LogP contribution in [0.25, 0.3) is 0 Å². The number of halogens is 3. The van der Waals surface area contributed by atoms with E-state index < -0.39 is 18.1 Å². The second kappa shape index (κ2) is 3.78. The van der Waals surface area contributed by atoms with Crippen LogP contribution < -0.4 is 0 Å². The number of aromatic nitrogens is 1. The minimum Gasteiger partial charge on any atom is -0.478 e. The fraction of sp³-hybridized carbons (Fsp3) is 0.143. The highest BCUT2D eigenvalue weighted by Crippen LogP contribution is 2.21. The van der Waals surface area contributed by atoms with E-state index in [9.17, 15) is 13.6 Å². The molecule has 0 spiro atoms. The van der Waals surface area contributed by atoms with Gasteiger partial charge in [-0.2, -0.15) is 0 Å². The first-order valence-electron chi connectivity index (χ1n) is 3.20. The Morgan fingerprint density at radius 1 is 1.54 bits per heavy atom. The third-order valence-electron chi connectivity index (χ3n) is 1.32. The lowest BCUT2D eigenvalue weighted by Crippen LogP contribution is -2.01. The molecular weight excluding hydrogens is 248 g/mol. The molecule has 0 bridgehead atoms. The van der Waals surface area contributed by atoms with Crippen molar-refractivity contribution >= 4 is 21.9 Å². The lowest BCUT2D eigenvalue weighted by Gasteiger charge is -2.01. The van der Waals surface area contributed by atoms with Crippen molar-refractivity contribution in [3.8, 4) is 0 Å². The largest absolute Gasteiger partial charge is 0.478 e. The van der Waals surface area contributed by atoms with Gasteiger partial charge in [-0.25, -0.2) is 18.6 Å². The van der Waals surface area contributed by atoms with Crippen molar-refractivity contribution in [2.45, 2.75) is 6.43 Å². The van der Waals surface area contributed by atoms with Crippen LogP contribution in [0, 0.1) is 0 Å². The molecule has 0 aliphatic heterocycles. The summed E-state index contributed by atoms with van der Waals surface area (Å²) in [5.74, 6) is -1.21. The summed E-state index contributed by atoms with van der Waals surface area (Å²) >= 11 is 2.79. The van der Waals surface area contributed by atoms with E-state index in [-0.39, 0.29) is 10.2 Å². The fourth-order valence-electron chi connectivity index (χ4n) is 0.729. The smallest absolute Gasteiger partial charge is 0.338 e. The normalized spacial score (nSPS) is 10.5. The third kappa shape index (κ3) is 2.21. The summed E-state index contributed by atoms with van der Waals surface area (Å²) in [6.07, 6.45) is -2.70. The van der Waals surface area contributed by atoms with Crippen molar-refractivity contribution < 1.29 is 18.7 Å².